The highest BCUT2D eigenvalue weighted by molar-refractivity contribution is 8.29. The van der Waals surface area contributed by atoms with Gasteiger partial charge >= 0.3 is 5.97 Å². The Bertz CT molecular complexity index is 499. The van der Waals surface area contributed by atoms with E-state index in [9.17, 15) is 19.5 Å². The number of carbonyl (C=O) groups is 3. The molecule has 3 aliphatic rings. The molecule has 0 aromatic heterocycles. The van der Waals surface area contributed by atoms with E-state index in [0.29, 0.717) is 10.7 Å². The molecule has 1 atom stereocenters. The van der Waals surface area contributed by atoms with Gasteiger partial charge in [-0.1, -0.05) is 11.8 Å². The predicted molar refractivity (Wildman–Crippen MR) is 71.3 cm³/mol. The van der Waals surface area contributed by atoms with Gasteiger partial charge in [0.05, 0.1) is 16.0 Å². The molecule has 1 N–H and O–H groups in total. The van der Waals surface area contributed by atoms with Crippen molar-refractivity contribution in [3.05, 3.63) is 9.93 Å². The number of fused-ring (bicyclic) bond motifs is 1. The molecule has 19 heavy (non-hydrogen) atoms. The van der Waals surface area contributed by atoms with Crippen molar-refractivity contribution in [1.29, 1.82) is 0 Å². The number of β-lactam (4-membered cyclic amide) rings is 1. The number of rotatable bonds is 2. The van der Waals surface area contributed by atoms with E-state index in [2.05, 4.69) is 0 Å². The summed E-state index contributed by atoms with van der Waals surface area (Å²) >= 11 is 2.25. The van der Waals surface area contributed by atoms with Crippen LogP contribution in [-0.4, -0.2) is 50.5 Å². The third-order valence-electron chi connectivity index (χ3n) is 3.33. The summed E-state index contributed by atoms with van der Waals surface area (Å²) < 4.78 is 0.445. The van der Waals surface area contributed by atoms with E-state index in [4.69, 9.17) is 0 Å². The summed E-state index contributed by atoms with van der Waals surface area (Å²) in [6.07, 6.45) is 2.35. The first kappa shape index (κ1) is 12.9. The van der Waals surface area contributed by atoms with Crippen LogP contribution in [0.25, 0.3) is 0 Å². The third-order valence-corrected chi connectivity index (χ3v) is 5.74. The minimum absolute atomic E-state index is 0.0243. The van der Waals surface area contributed by atoms with Crippen molar-refractivity contribution in [3.8, 4) is 0 Å². The van der Waals surface area contributed by atoms with E-state index < -0.39 is 5.97 Å². The molecule has 102 valence electrons. The third kappa shape index (κ3) is 2.12. The minimum atomic E-state index is -1.14. The van der Waals surface area contributed by atoms with Gasteiger partial charge in [0.1, 0.15) is 0 Å². The van der Waals surface area contributed by atoms with Gasteiger partial charge in [0.15, 0.2) is 5.70 Å². The van der Waals surface area contributed by atoms with Gasteiger partial charge in [0.25, 0.3) is 5.24 Å². The van der Waals surface area contributed by atoms with Crippen molar-refractivity contribution >= 4 is 40.6 Å². The zero-order chi connectivity index (χ0) is 13.6. The van der Waals surface area contributed by atoms with Crippen molar-refractivity contribution in [2.45, 2.75) is 24.6 Å². The highest BCUT2D eigenvalue weighted by atomic mass is 32.2. The molecule has 8 heteroatoms. The largest absolute Gasteiger partial charge is 0.477 e. The van der Waals surface area contributed by atoms with Crippen molar-refractivity contribution < 1.29 is 19.5 Å². The second kappa shape index (κ2) is 4.75. The normalized spacial score (nSPS) is 25.7. The van der Waals surface area contributed by atoms with Crippen LogP contribution in [0.3, 0.4) is 0 Å². The Balaban J connectivity index is 1.77. The van der Waals surface area contributed by atoms with Crippen LogP contribution < -0.4 is 0 Å². The van der Waals surface area contributed by atoms with Crippen molar-refractivity contribution in [3.63, 3.8) is 0 Å². The first-order valence-corrected chi connectivity index (χ1v) is 7.70. The highest BCUT2D eigenvalue weighted by Gasteiger charge is 2.49. The lowest BCUT2D eigenvalue weighted by Crippen LogP contribution is -2.48. The number of likely N-dealkylation sites (tertiary alicyclic amines) is 1. The first-order chi connectivity index (χ1) is 9.08. The summed E-state index contributed by atoms with van der Waals surface area (Å²) in [5.74, 6) is -1.32. The number of hydrogen-bond donors (Lipinski definition) is 1. The zero-order valence-electron chi connectivity index (χ0n) is 10.00. The second-order valence-corrected chi connectivity index (χ2v) is 6.95. The molecule has 3 aliphatic heterocycles. The van der Waals surface area contributed by atoms with Gasteiger partial charge in [0.2, 0.25) is 5.91 Å². The van der Waals surface area contributed by atoms with Gasteiger partial charge in [-0.15, -0.1) is 0 Å². The summed E-state index contributed by atoms with van der Waals surface area (Å²) in [6.45, 7) is 1.47. The fraction of sp³-hybridized carbons (Fsp3) is 0.545. The summed E-state index contributed by atoms with van der Waals surface area (Å²) in [6, 6.07) is 0. The Morgan fingerprint density at radius 1 is 1.32 bits per heavy atom. The standard InChI is InChI=1S/C11H12N2O4S2/c14-6-5-7-13(6)8(9(15)16)10(18-7)19-11(17)12-3-1-2-4-12/h7H,1-5H2,(H,15,16)/t7-/m1/s1. The minimum Gasteiger partial charge on any atom is -0.477 e. The molecular weight excluding hydrogens is 288 g/mol. The molecule has 0 aliphatic carbocycles. The molecule has 3 rings (SSSR count). The van der Waals surface area contributed by atoms with Crippen LogP contribution in [0.15, 0.2) is 9.93 Å². The Hall–Kier alpha value is -1.15. The monoisotopic (exact) mass is 300 g/mol. The quantitative estimate of drug-likeness (QED) is 0.779. The molecule has 0 saturated carbocycles. The van der Waals surface area contributed by atoms with Gasteiger partial charge < -0.3 is 10.0 Å². The lowest BCUT2D eigenvalue weighted by molar-refractivity contribution is -0.145. The van der Waals surface area contributed by atoms with Gasteiger partial charge in [-0.2, -0.15) is 0 Å². The maximum Gasteiger partial charge on any atom is 0.354 e. The topological polar surface area (TPSA) is 77.9 Å². The molecule has 6 nitrogen and oxygen atoms in total. The van der Waals surface area contributed by atoms with Crippen LogP contribution in [-0.2, 0) is 9.59 Å². The predicted octanol–water partition coefficient (Wildman–Crippen LogP) is 1.49. The van der Waals surface area contributed by atoms with E-state index in [0.717, 1.165) is 37.7 Å². The van der Waals surface area contributed by atoms with Crippen LogP contribution in [0, 0.1) is 0 Å². The molecule has 0 aromatic carbocycles. The van der Waals surface area contributed by atoms with Crippen LogP contribution >= 0.6 is 23.5 Å². The number of thioether (sulfide) groups is 2. The molecule has 0 unspecified atom stereocenters. The number of aliphatic carboxylic acids is 1. The fourth-order valence-corrected chi connectivity index (χ4v) is 4.93. The first-order valence-electron chi connectivity index (χ1n) is 6.01. The summed E-state index contributed by atoms with van der Waals surface area (Å²) in [4.78, 5) is 37.7. The van der Waals surface area contributed by atoms with E-state index in [1.165, 1.54) is 16.7 Å². The number of hydrogen-bond acceptors (Lipinski definition) is 5. The van der Waals surface area contributed by atoms with Gasteiger partial charge in [0, 0.05) is 13.1 Å². The lowest BCUT2D eigenvalue weighted by atomic mass is 10.2. The average molecular weight is 300 g/mol. The molecule has 2 fully saturated rings. The molecule has 0 spiro atoms. The maximum atomic E-state index is 12.0. The second-order valence-electron chi connectivity index (χ2n) is 4.54. The van der Waals surface area contributed by atoms with Crippen LogP contribution in [0.1, 0.15) is 19.3 Å². The SMILES string of the molecule is O=C(O)C1=C(SC(=O)N2CCCC2)S[C@@H]2CC(=O)N12. The van der Waals surface area contributed by atoms with Gasteiger partial charge in [-0.3, -0.25) is 14.5 Å². The van der Waals surface area contributed by atoms with Crippen molar-refractivity contribution in [2.24, 2.45) is 0 Å². The molecule has 0 aromatic rings. The van der Waals surface area contributed by atoms with Gasteiger partial charge in [-0.05, 0) is 24.6 Å². The van der Waals surface area contributed by atoms with E-state index in [1.807, 2.05) is 0 Å². The van der Waals surface area contributed by atoms with E-state index >= 15 is 0 Å². The average Bonchev–Trinajstić information content (AvgIpc) is 2.94. The number of carboxylic acid groups (broad SMARTS) is 1. The zero-order valence-corrected chi connectivity index (χ0v) is 11.6. The van der Waals surface area contributed by atoms with E-state index in [1.54, 1.807) is 4.90 Å². The summed E-state index contributed by atoms with van der Waals surface area (Å²) in [5.41, 5.74) is -0.0243. The van der Waals surface area contributed by atoms with Gasteiger partial charge in [-0.25, -0.2) is 4.79 Å². The molecule has 3 heterocycles. The highest BCUT2D eigenvalue weighted by Crippen LogP contribution is 2.50. The Morgan fingerprint density at radius 2 is 2.00 bits per heavy atom. The smallest absolute Gasteiger partial charge is 0.354 e. The van der Waals surface area contributed by atoms with Crippen molar-refractivity contribution in [2.75, 3.05) is 13.1 Å². The molecule has 2 amide bonds. The molecule has 0 bridgehead atoms. The lowest BCUT2D eigenvalue weighted by Gasteiger charge is -2.33. The van der Waals surface area contributed by atoms with Crippen LogP contribution in [0.4, 0.5) is 4.79 Å². The summed E-state index contributed by atoms with van der Waals surface area (Å²) in [7, 11) is 0. The molecular formula is C11H12N2O4S2. The number of nitrogens with zero attached hydrogens (tertiary/aromatic N) is 2. The number of carbonyl (C=O) groups excluding carboxylic acids is 2. The molecule has 0 radical (unpaired) electrons. The Kier molecular flexibility index (Phi) is 3.22. The van der Waals surface area contributed by atoms with Crippen LogP contribution in [0.5, 0.6) is 0 Å². The fourth-order valence-electron chi connectivity index (χ4n) is 2.33. The number of carboxylic acids is 1. The van der Waals surface area contributed by atoms with Crippen molar-refractivity contribution in [1.82, 2.24) is 9.80 Å². The Labute approximate surface area is 118 Å². The summed E-state index contributed by atoms with van der Waals surface area (Å²) in [5, 5.41) is 8.95. The number of amides is 2. The van der Waals surface area contributed by atoms with Crippen LogP contribution in [0.2, 0.25) is 0 Å². The van der Waals surface area contributed by atoms with E-state index in [-0.39, 0.29) is 22.2 Å². The maximum absolute atomic E-state index is 12.0. The Morgan fingerprint density at radius 3 is 2.58 bits per heavy atom. The molecule has 2 saturated heterocycles.